The average molecular weight is 346 g/mol. The molecule has 0 spiro atoms. The van der Waals surface area contributed by atoms with Crippen molar-refractivity contribution in [1.82, 2.24) is 19.4 Å². The van der Waals surface area contributed by atoms with Crippen molar-refractivity contribution in [2.75, 3.05) is 26.2 Å². The van der Waals surface area contributed by atoms with Crippen molar-refractivity contribution in [3.63, 3.8) is 0 Å². The van der Waals surface area contributed by atoms with Gasteiger partial charge in [-0.1, -0.05) is 17.4 Å². The molecule has 128 valence electrons. The summed E-state index contributed by atoms with van der Waals surface area (Å²) in [5.41, 5.74) is 2.13. The first-order valence-corrected chi connectivity index (χ1v) is 9.05. The first kappa shape index (κ1) is 16.9. The van der Waals surface area contributed by atoms with Crippen LogP contribution in [-0.4, -0.2) is 51.4 Å². The summed E-state index contributed by atoms with van der Waals surface area (Å²) in [6.07, 6.45) is 4.05. The summed E-state index contributed by atoms with van der Waals surface area (Å²) in [6.45, 7) is 6.49. The number of aromatic nitrogens is 2. The van der Waals surface area contributed by atoms with Crippen LogP contribution in [0.25, 0.3) is 0 Å². The second-order valence-corrected chi connectivity index (χ2v) is 6.88. The molecule has 3 heterocycles. The summed E-state index contributed by atoms with van der Waals surface area (Å²) in [5, 5.41) is 1.84. The number of aryl methyl sites for hydroxylation is 1. The second-order valence-electron chi connectivity index (χ2n) is 6.06. The van der Waals surface area contributed by atoms with Crippen LogP contribution in [0.2, 0.25) is 0 Å². The maximum Gasteiger partial charge on any atom is 0.307 e. The Bertz CT molecular complexity index is 733. The SMILES string of the molecule is Cc1csc(=O)n1CCC(=O)N1CCN(Cc2cccnc2)CC1. The van der Waals surface area contributed by atoms with E-state index in [9.17, 15) is 9.59 Å². The van der Waals surface area contributed by atoms with Gasteiger partial charge in [0.2, 0.25) is 5.91 Å². The van der Waals surface area contributed by atoms with Crippen molar-refractivity contribution < 1.29 is 4.79 Å². The Morgan fingerprint density at radius 1 is 1.29 bits per heavy atom. The van der Waals surface area contributed by atoms with Gasteiger partial charge < -0.3 is 9.47 Å². The largest absolute Gasteiger partial charge is 0.340 e. The van der Waals surface area contributed by atoms with Crippen molar-refractivity contribution in [2.45, 2.75) is 26.4 Å². The van der Waals surface area contributed by atoms with Gasteiger partial charge in [0, 0.05) is 69.2 Å². The molecule has 6 nitrogen and oxygen atoms in total. The van der Waals surface area contributed by atoms with Crippen molar-refractivity contribution in [3.05, 3.63) is 50.8 Å². The maximum atomic E-state index is 12.4. The second kappa shape index (κ2) is 7.72. The molecule has 0 aromatic carbocycles. The summed E-state index contributed by atoms with van der Waals surface area (Å²) in [5.74, 6) is 0.133. The Morgan fingerprint density at radius 2 is 2.08 bits per heavy atom. The van der Waals surface area contributed by atoms with E-state index in [-0.39, 0.29) is 10.8 Å². The number of pyridine rings is 1. The van der Waals surface area contributed by atoms with Gasteiger partial charge in [0.05, 0.1) is 0 Å². The Balaban J connectivity index is 1.46. The van der Waals surface area contributed by atoms with Crippen molar-refractivity contribution >= 4 is 17.2 Å². The van der Waals surface area contributed by atoms with E-state index in [1.165, 1.54) is 16.9 Å². The minimum atomic E-state index is 0.0154. The fourth-order valence-electron chi connectivity index (χ4n) is 2.95. The molecule has 1 aliphatic rings. The molecule has 2 aromatic heterocycles. The fourth-order valence-corrected chi connectivity index (χ4v) is 3.71. The number of carbonyl (C=O) groups excluding carboxylic acids is 1. The van der Waals surface area contributed by atoms with Gasteiger partial charge in [-0.25, -0.2) is 0 Å². The van der Waals surface area contributed by atoms with Crippen molar-refractivity contribution in [1.29, 1.82) is 0 Å². The van der Waals surface area contributed by atoms with Crippen molar-refractivity contribution in [3.8, 4) is 0 Å². The maximum absolute atomic E-state index is 12.4. The molecule has 24 heavy (non-hydrogen) atoms. The number of nitrogens with zero attached hydrogens (tertiary/aromatic N) is 4. The Labute approximate surface area is 145 Å². The molecule has 0 atom stereocenters. The lowest BCUT2D eigenvalue weighted by molar-refractivity contribution is -0.133. The lowest BCUT2D eigenvalue weighted by Crippen LogP contribution is -2.48. The number of rotatable bonds is 5. The standard InChI is InChI=1S/C17H22N4O2S/c1-14-13-24-17(23)21(14)6-4-16(22)20-9-7-19(8-10-20)12-15-3-2-5-18-11-15/h2-3,5,11,13H,4,6-10,12H2,1H3. The smallest absolute Gasteiger partial charge is 0.307 e. The molecule has 2 aromatic rings. The topological polar surface area (TPSA) is 58.4 Å². The molecule has 0 saturated carbocycles. The molecule has 0 radical (unpaired) electrons. The van der Waals surface area contributed by atoms with E-state index in [0.717, 1.165) is 38.4 Å². The molecule has 1 amide bonds. The highest BCUT2D eigenvalue weighted by molar-refractivity contribution is 7.07. The number of piperazine rings is 1. The fraction of sp³-hybridized carbons (Fsp3) is 0.471. The van der Waals surface area contributed by atoms with Gasteiger partial charge in [0.1, 0.15) is 0 Å². The summed E-state index contributed by atoms with van der Waals surface area (Å²) >= 11 is 1.19. The van der Waals surface area contributed by atoms with Crippen LogP contribution in [-0.2, 0) is 17.9 Å². The Morgan fingerprint density at radius 3 is 2.71 bits per heavy atom. The monoisotopic (exact) mass is 346 g/mol. The van der Waals surface area contributed by atoms with Gasteiger partial charge in [-0.2, -0.15) is 0 Å². The normalized spacial score (nSPS) is 15.6. The van der Waals surface area contributed by atoms with Crippen molar-refractivity contribution in [2.24, 2.45) is 0 Å². The highest BCUT2D eigenvalue weighted by Gasteiger charge is 2.21. The molecule has 0 bridgehead atoms. The van der Waals surface area contributed by atoms with Gasteiger partial charge >= 0.3 is 4.87 Å². The van der Waals surface area contributed by atoms with Crippen LogP contribution in [0.5, 0.6) is 0 Å². The molecule has 7 heteroatoms. The quantitative estimate of drug-likeness (QED) is 0.820. The first-order chi connectivity index (χ1) is 11.6. The van der Waals surface area contributed by atoms with E-state index in [1.807, 2.05) is 29.5 Å². The van der Waals surface area contributed by atoms with Crippen LogP contribution >= 0.6 is 11.3 Å². The lowest BCUT2D eigenvalue weighted by Gasteiger charge is -2.34. The van der Waals surface area contributed by atoms with E-state index in [1.54, 1.807) is 10.8 Å². The molecule has 0 N–H and O–H groups in total. The third-order valence-corrected chi connectivity index (χ3v) is 5.26. The number of hydrogen-bond donors (Lipinski definition) is 0. The predicted octanol–water partition coefficient (Wildman–Crippen LogP) is 1.35. The summed E-state index contributed by atoms with van der Waals surface area (Å²) < 4.78 is 1.68. The van der Waals surface area contributed by atoms with E-state index in [0.29, 0.717) is 13.0 Å². The van der Waals surface area contributed by atoms with Gasteiger partial charge in [-0.05, 0) is 18.6 Å². The summed E-state index contributed by atoms with van der Waals surface area (Å²) in [4.78, 5) is 32.5. The van der Waals surface area contributed by atoms with Crippen LogP contribution in [0.4, 0.5) is 0 Å². The molecule has 3 rings (SSSR count). The molecular weight excluding hydrogens is 324 g/mol. The van der Waals surface area contributed by atoms with Crippen LogP contribution in [0.15, 0.2) is 34.7 Å². The van der Waals surface area contributed by atoms with Crippen LogP contribution < -0.4 is 4.87 Å². The zero-order valence-corrected chi connectivity index (χ0v) is 14.7. The molecule has 1 aliphatic heterocycles. The zero-order chi connectivity index (χ0) is 16.9. The number of thiazole rings is 1. The van der Waals surface area contributed by atoms with Gasteiger partial charge in [-0.3, -0.25) is 19.5 Å². The highest BCUT2D eigenvalue weighted by Crippen LogP contribution is 2.09. The summed E-state index contributed by atoms with van der Waals surface area (Å²) in [6, 6.07) is 4.02. The third kappa shape index (κ3) is 4.10. The Kier molecular flexibility index (Phi) is 5.42. The van der Waals surface area contributed by atoms with Gasteiger partial charge in [0.25, 0.3) is 0 Å². The van der Waals surface area contributed by atoms with E-state index in [2.05, 4.69) is 16.0 Å². The average Bonchev–Trinajstić information content (AvgIpc) is 2.92. The molecule has 1 saturated heterocycles. The third-order valence-electron chi connectivity index (χ3n) is 4.38. The van der Waals surface area contributed by atoms with E-state index < -0.39 is 0 Å². The number of hydrogen-bond acceptors (Lipinski definition) is 5. The van der Waals surface area contributed by atoms with Gasteiger partial charge in [0.15, 0.2) is 0 Å². The molecule has 0 aliphatic carbocycles. The predicted molar refractivity (Wildman–Crippen MR) is 94.0 cm³/mol. The van der Waals surface area contributed by atoms with Gasteiger partial charge in [-0.15, -0.1) is 0 Å². The van der Waals surface area contributed by atoms with Crippen LogP contribution in [0.1, 0.15) is 17.7 Å². The summed E-state index contributed by atoms with van der Waals surface area (Å²) in [7, 11) is 0. The number of amides is 1. The zero-order valence-electron chi connectivity index (χ0n) is 13.9. The Hall–Kier alpha value is -1.99. The lowest BCUT2D eigenvalue weighted by atomic mass is 10.2. The minimum absolute atomic E-state index is 0.0154. The molecular formula is C17H22N4O2S. The van der Waals surface area contributed by atoms with Crippen LogP contribution in [0, 0.1) is 6.92 Å². The minimum Gasteiger partial charge on any atom is -0.340 e. The number of carbonyl (C=O) groups is 1. The van der Waals surface area contributed by atoms with Crippen LogP contribution in [0.3, 0.4) is 0 Å². The van der Waals surface area contributed by atoms with E-state index in [4.69, 9.17) is 0 Å². The highest BCUT2D eigenvalue weighted by atomic mass is 32.1. The molecule has 1 fully saturated rings. The first-order valence-electron chi connectivity index (χ1n) is 8.17. The molecule has 0 unspecified atom stereocenters. The van der Waals surface area contributed by atoms with E-state index >= 15 is 0 Å².